The van der Waals surface area contributed by atoms with Crippen LogP contribution in [-0.2, 0) is 0 Å². The molecular weight excluding hydrogens is 222 g/mol. The first kappa shape index (κ1) is 13.3. The highest BCUT2D eigenvalue weighted by Crippen LogP contribution is 2.18. The second-order valence-electron chi connectivity index (χ2n) is 5.51. The molecular formula is C15H25N3. The molecule has 100 valence electrons. The molecule has 3 heteroatoms. The van der Waals surface area contributed by atoms with E-state index >= 15 is 0 Å². The smallest absolute Gasteiger partial charge is 0.0553 e. The van der Waals surface area contributed by atoms with Gasteiger partial charge < -0.3 is 10.2 Å². The fourth-order valence-corrected chi connectivity index (χ4v) is 2.54. The molecule has 0 saturated carbocycles. The zero-order valence-corrected chi connectivity index (χ0v) is 11.8. The highest BCUT2D eigenvalue weighted by Gasteiger charge is 2.18. The summed E-state index contributed by atoms with van der Waals surface area (Å²) in [6.07, 6.45) is 4.45. The molecule has 1 aromatic rings. The van der Waals surface area contributed by atoms with Crippen molar-refractivity contribution >= 4 is 5.69 Å². The number of hydrogen-bond donors (Lipinski definition) is 1. The zero-order chi connectivity index (χ0) is 13.0. The van der Waals surface area contributed by atoms with Gasteiger partial charge in [-0.05, 0) is 44.4 Å². The molecule has 0 aliphatic carbocycles. The number of nitrogens with one attached hydrogen (secondary N) is 1. The lowest BCUT2D eigenvalue weighted by atomic mass is 10.0. The molecule has 18 heavy (non-hydrogen) atoms. The summed E-state index contributed by atoms with van der Waals surface area (Å²) >= 11 is 0. The molecule has 1 aliphatic rings. The Labute approximate surface area is 111 Å². The summed E-state index contributed by atoms with van der Waals surface area (Å²) in [5.41, 5.74) is 2.36. The van der Waals surface area contributed by atoms with Crippen LogP contribution >= 0.6 is 0 Å². The summed E-state index contributed by atoms with van der Waals surface area (Å²) in [4.78, 5) is 6.90. The van der Waals surface area contributed by atoms with E-state index in [4.69, 9.17) is 0 Å². The number of anilines is 1. The van der Waals surface area contributed by atoms with Gasteiger partial charge in [0.2, 0.25) is 0 Å². The Kier molecular flexibility index (Phi) is 4.59. The van der Waals surface area contributed by atoms with E-state index in [1.807, 2.05) is 13.1 Å². The standard InChI is InChI=1S/C15H25N3/c1-4-14-7-8-18(11-12(2)9-17-14)15-6-5-13(3)16-10-15/h5-6,10,12,14,17H,4,7-9,11H2,1-3H3. The summed E-state index contributed by atoms with van der Waals surface area (Å²) in [5, 5.41) is 3.66. The molecule has 1 saturated heterocycles. The third-order valence-electron chi connectivity index (χ3n) is 3.79. The van der Waals surface area contributed by atoms with Gasteiger partial charge in [-0.25, -0.2) is 0 Å². The lowest BCUT2D eigenvalue weighted by molar-refractivity contribution is 0.388. The molecule has 1 aliphatic heterocycles. The van der Waals surface area contributed by atoms with Gasteiger partial charge in [-0.2, -0.15) is 0 Å². The fourth-order valence-electron chi connectivity index (χ4n) is 2.54. The Bertz CT molecular complexity index is 361. The van der Waals surface area contributed by atoms with Crippen LogP contribution in [0.4, 0.5) is 5.69 Å². The van der Waals surface area contributed by atoms with E-state index in [0.29, 0.717) is 12.0 Å². The van der Waals surface area contributed by atoms with Gasteiger partial charge in [0, 0.05) is 24.8 Å². The Balaban J connectivity index is 2.07. The molecule has 0 amide bonds. The minimum atomic E-state index is 0.661. The van der Waals surface area contributed by atoms with Gasteiger partial charge in [0.15, 0.2) is 0 Å². The molecule has 2 heterocycles. The topological polar surface area (TPSA) is 28.2 Å². The third-order valence-corrected chi connectivity index (χ3v) is 3.79. The van der Waals surface area contributed by atoms with E-state index in [0.717, 1.165) is 25.3 Å². The Morgan fingerprint density at radius 1 is 1.44 bits per heavy atom. The number of aromatic nitrogens is 1. The van der Waals surface area contributed by atoms with Crippen molar-refractivity contribution in [3.63, 3.8) is 0 Å². The average Bonchev–Trinajstić information content (AvgIpc) is 2.36. The largest absolute Gasteiger partial charge is 0.370 e. The molecule has 0 bridgehead atoms. The first-order chi connectivity index (χ1) is 8.69. The van der Waals surface area contributed by atoms with Crippen molar-refractivity contribution < 1.29 is 0 Å². The van der Waals surface area contributed by atoms with Crippen LogP contribution in [0.1, 0.15) is 32.4 Å². The molecule has 1 fully saturated rings. The molecule has 1 N–H and O–H groups in total. The lowest BCUT2D eigenvalue weighted by Crippen LogP contribution is -2.43. The highest BCUT2D eigenvalue weighted by atomic mass is 15.1. The van der Waals surface area contributed by atoms with Gasteiger partial charge in [-0.3, -0.25) is 4.98 Å². The van der Waals surface area contributed by atoms with Gasteiger partial charge in [-0.15, -0.1) is 0 Å². The maximum atomic E-state index is 4.42. The average molecular weight is 247 g/mol. The van der Waals surface area contributed by atoms with Crippen molar-refractivity contribution in [2.24, 2.45) is 5.92 Å². The van der Waals surface area contributed by atoms with Crippen LogP contribution in [0.15, 0.2) is 18.3 Å². The van der Waals surface area contributed by atoms with Crippen LogP contribution in [0.25, 0.3) is 0 Å². The Hall–Kier alpha value is -1.09. The number of nitrogens with zero attached hydrogens (tertiary/aromatic N) is 2. The highest BCUT2D eigenvalue weighted by molar-refractivity contribution is 5.44. The maximum absolute atomic E-state index is 4.42. The van der Waals surface area contributed by atoms with E-state index in [2.05, 4.69) is 41.2 Å². The van der Waals surface area contributed by atoms with Crippen molar-refractivity contribution in [3.8, 4) is 0 Å². The normalized spacial score (nSPS) is 25.6. The van der Waals surface area contributed by atoms with Crippen molar-refractivity contribution in [3.05, 3.63) is 24.0 Å². The number of pyridine rings is 1. The molecule has 1 aromatic heterocycles. The quantitative estimate of drug-likeness (QED) is 0.870. The van der Waals surface area contributed by atoms with Crippen LogP contribution in [0.5, 0.6) is 0 Å². The van der Waals surface area contributed by atoms with E-state index in [-0.39, 0.29) is 0 Å². The predicted molar refractivity (Wildman–Crippen MR) is 77.0 cm³/mol. The summed E-state index contributed by atoms with van der Waals surface area (Å²) in [5.74, 6) is 0.681. The van der Waals surface area contributed by atoms with E-state index in [1.54, 1.807) is 0 Å². The van der Waals surface area contributed by atoms with Crippen LogP contribution in [0.3, 0.4) is 0 Å². The van der Waals surface area contributed by atoms with E-state index < -0.39 is 0 Å². The summed E-state index contributed by atoms with van der Waals surface area (Å²) in [6, 6.07) is 4.97. The molecule has 3 nitrogen and oxygen atoms in total. The minimum Gasteiger partial charge on any atom is -0.370 e. The second kappa shape index (κ2) is 6.19. The van der Waals surface area contributed by atoms with Gasteiger partial charge in [0.1, 0.15) is 0 Å². The Morgan fingerprint density at radius 2 is 2.28 bits per heavy atom. The van der Waals surface area contributed by atoms with Crippen LogP contribution < -0.4 is 10.2 Å². The van der Waals surface area contributed by atoms with E-state index in [9.17, 15) is 0 Å². The lowest BCUT2D eigenvalue weighted by Gasteiger charge is -2.33. The van der Waals surface area contributed by atoms with Crippen LogP contribution in [0, 0.1) is 12.8 Å². The van der Waals surface area contributed by atoms with E-state index in [1.165, 1.54) is 18.5 Å². The first-order valence-electron chi connectivity index (χ1n) is 7.10. The SMILES string of the molecule is CCC1CCN(c2ccc(C)nc2)CC(C)CN1. The van der Waals surface area contributed by atoms with Crippen molar-refractivity contribution in [1.82, 2.24) is 10.3 Å². The predicted octanol–water partition coefficient (Wildman–Crippen LogP) is 2.60. The number of rotatable bonds is 2. The first-order valence-corrected chi connectivity index (χ1v) is 7.10. The molecule has 0 aromatic carbocycles. The van der Waals surface area contributed by atoms with Gasteiger partial charge in [0.25, 0.3) is 0 Å². The zero-order valence-electron chi connectivity index (χ0n) is 11.8. The Morgan fingerprint density at radius 3 is 2.94 bits per heavy atom. The van der Waals surface area contributed by atoms with Crippen molar-refractivity contribution in [2.75, 3.05) is 24.5 Å². The monoisotopic (exact) mass is 247 g/mol. The number of hydrogen-bond acceptors (Lipinski definition) is 3. The van der Waals surface area contributed by atoms with Crippen molar-refractivity contribution in [1.29, 1.82) is 0 Å². The molecule has 2 unspecified atom stereocenters. The maximum Gasteiger partial charge on any atom is 0.0553 e. The third kappa shape index (κ3) is 3.45. The van der Waals surface area contributed by atoms with Crippen LogP contribution in [0.2, 0.25) is 0 Å². The summed E-state index contributed by atoms with van der Waals surface area (Å²) < 4.78 is 0. The molecule has 0 spiro atoms. The van der Waals surface area contributed by atoms with Crippen LogP contribution in [-0.4, -0.2) is 30.7 Å². The second-order valence-corrected chi connectivity index (χ2v) is 5.51. The summed E-state index contributed by atoms with van der Waals surface area (Å²) in [6.45, 7) is 9.99. The molecule has 2 rings (SSSR count). The number of aryl methyl sites for hydroxylation is 1. The molecule has 0 radical (unpaired) electrons. The molecule has 2 atom stereocenters. The van der Waals surface area contributed by atoms with Gasteiger partial charge >= 0.3 is 0 Å². The minimum absolute atomic E-state index is 0.661. The summed E-state index contributed by atoms with van der Waals surface area (Å²) in [7, 11) is 0. The van der Waals surface area contributed by atoms with Gasteiger partial charge in [-0.1, -0.05) is 13.8 Å². The van der Waals surface area contributed by atoms with Gasteiger partial charge in [0.05, 0.1) is 11.9 Å². The van der Waals surface area contributed by atoms with Crippen molar-refractivity contribution in [2.45, 2.75) is 39.7 Å². The fraction of sp³-hybridized carbons (Fsp3) is 0.667.